The zero-order valence-corrected chi connectivity index (χ0v) is 22.2. The van der Waals surface area contributed by atoms with Gasteiger partial charge in [0.2, 0.25) is 11.8 Å². The Kier molecular flexibility index (Phi) is 7.40. The van der Waals surface area contributed by atoms with E-state index >= 15 is 0 Å². The molecule has 2 heterocycles. The van der Waals surface area contributed by atoms with E-state index in [1.807, 2.05) is 20.8 Å². The topological polar surface area (TPSA) is 116 Å². The van der Waals surface area contributed by atoms with Crippen molar-refractivity contribution in [2.75, 3.05) is 5.32 Å². The van der Waals surface area contributed by atoms with Gasteiger partial charge in [-0.25, -0.2) is 23.1 Å². The number of hydrogen-bond acceptors (Lipinski definition) is 7. The third-order valence-electron chi connectivity index (χ3n) is 6.10. The van der Waals surface area contributed by atoms with Crippen molar-refractivity contribution >= 4 is 21.4 Å². The van der Waals surface area contributed by atoms with Gasteiger partial charge in [-0.15, -0.1) is 0 Å². The second-order valence-corrected chi connectivity index (χ2v) is 11.5. The van der Waals surface area contributed by atoms with E-state index in [-0.39, 0.29) is 17.2 Å². The summed E-state index contributed by atoms with van der Waals surface area (Å²) in [7, 11) is -3.34. The highest BCUT2D eigenvalue weighted by Gasteiger charge is 2.19. The Hall–Kier alpha value is -4.05. The number of carbonyl (C=O) groups excluding carboxylic acids is 1. The van der Waals surface area contributed by atoms with Crippen LogP contribution >= 0.6 is 0 Å². The largest absolute Gasteiger partial charge is 0.439 e. The van der Waals surface area contributed by atoms with Crippen molar-refractivity contribution in [3.05, 3.63) is 83.4 Å². The third kappa shape index (κ3) is 5.86. The van der Waals surface area contributed by atoms with Crippen LogP contribution in [0.2, 0.25) is 0 Å². The Bertz CT molecular complexity index is 1530. The highest BCUT2D eigenvalue weighted by atomic mass is 32.2. The summed E-state index contributed by atoms with van der Waals surface area (Å²) >= 11 is 0. The molecule has 4 rings (SSSR count). The number of rotatable bonds is 8. The zero-order valence-electron chi connectivity index (χ0n) is 21.4. The summed E-state index contributed by atoms with van der Waals surface area (Å²) in [5, 5.41) is 6.86. The molecule has 0 aliphatic heterocycles. The van der Waals surface area contributed by atoms with Crippen LogP contribution in [0.1, 0.15) is 36.4 Å². The summed E-state index contributed by atoms with van der Waals surface area (Å²) in [5.41, 5.74) is 4.37. The zero-order chi connectivity index (χ0) is 26.7. The number of nitrogens with one attached hydrogen (secondary N) is 1. The summed E-state index contributed by atoms with van der Waals surface area (Å²) in [6.45, 7) is 9.23. The molecule has 2 aromatic carbocycles. The Morgan fingerprint density at radius 3 is 2.27 bits per heavy atom. The van der Waals surface area contributed by atoms with Gasteiger partial charge in [0.25, 0.3) is 0 Å². The molecule has 0 fully saturated rings. The molecule has 4 aromatic rings. The van der Waals surface area contributed by atoms with Crippen LogP contribution in [-0.2, 0) is 21.1 Å². The van der Waals surface area contributed by atoms with E-state index in [0.29, 0.717) is 23.1 Å². The lowest BCUT2D eigenvalue weighted by Crippen LogP contribution is -2.15. The fraction of sp³-hybridized carbons (Fsp3) is 0.259. The van der Waals surface area contributed by atoms with Gasteiger partial charge in [-0.3, -0.25) is 4.79 Å². The number of hydrogen-bond donors (Lipinski definition) is 1. The first kappa shape index (κ1) is 26.0. The van der Waals surface area contributed by atoms with E-state index in [2.05, 4.69) is 20.4 Å². The predicted octanol–water partition coefficient (Wildman–Crippen LogP) is 4.74. The molecule has 1 N–H and O–H groups in total. The number of benzene rings is 2. The molecule has 0 bridgehead atoms. The standard InChI is InChI=1S/C27H29N5O4S/c1-17(2)37(34,35)24-12-6-21(7-13-24)14-26(33)30-22-8-10-23(11-9-22)36-27-15-25(28-16-29-27)32-20(5)18(3)19(4)31-32/h6-13,15-17H,14H2,1-5H3,(H,30,33). The molecule has 2 aromatic heterocycles. The molecule has 1 amide bonds. The first-order valence-corrected chi connectivity index (χ1v) is 13.3. The van der Waals surface area contributed by atoms with Gasteiger partial charge in [-0.2, -0.15) is 5.10 Å². The van der Waals surface area contributed by atoms with Crippen molar-refractivity contribution < 1.29 is 17.9 Å². The second kappa shape index (κ2) is 10.5. The normalized spacial score (nSPS) is 11.5. The summed E-state index contributed by atoms with van der Waals surface area (Å²) < 4.78 is 32.1. The number of carbonyl (C=O) groups is 1. The molecule has 10 heteroatoms. The predicted molar refractivity (Wildman–Crippen MR) is 141 cm³/mol. The maximum absolute atomic E-state index is 12.5. The van der Waals surface area contributed by atoms with Crippen LogP contribution in [0.3, 0.4) is 0 Å². The van der Waals surface area contributed by atoms with E-state index in [1.165, 1.54) is 6.33 Å². The van der Waals surface area contributed by atoms with Crippen LogP contribution in [0.15, 0.2) is 65.8 Å². The fourth-order valence-electron chi connectivity index (χ4n) is 3.63. The third-order valence-corrected chi connectivity index (χ3v) is 8.27. The second-order valence-electron chi connectivity index (χ2n) is 9.01. The Balaban J connectivity index is 1.37. The van der Waals surface area contributed by atoms with Gasteiger partial charge in [0, 0.05) is 17.4 Å². The fourth-order valence-corrected chi connectivity index (χ4v) is 4.69. The van der Waals surface area contributed by atoms with E-state index in [1.54, 1.807) is 73.1 Å². The average Bonchev–Trinajstić information content (AvgIpc) is 3.13. The summed E-state index contributed by atoms with van der Waals surface area (Å²) in [4.78, 5) is 21.2. The molecular weight excluding hydrogens is 490 g/mol. The lowest BCUT2D eigenvalue weighted by Gasteiger charge is -2.10. The van der Waals surface area contributed by atoms with Crippen molar-refractivity contribution in [1.29, 1.82) is 0 Å². The van der Waals surface area contributed by atoms with Crippen LogP contribution < -0.4 is 10.1 Å². The minimum atomic E-state index is -3.34. The first-order chi connectivity index (χ1) is 17.5. The molecule has 0 saturated heterocycles. The molecule has 192 valence electrons. The molecule has 0 saturated carbocycles. The number of sulfone groups is 1. The minimum absolute atomic E-state index is 0.121. The molecule has 0 aliphatic carbocycles. The lowest BCUT2D eigenvalue weighted by atomic mass is 10.1. The molecule has 0 unspecified atom stereocenters. The van der Waals surface area contributed by atoms with Crippen molar-refractivity contribution in [3.8, 4) is 17.4 Å². The van der Waals surface area contributed by atoms with Crippen molar-refractivity contribution in [2.45, 2.75) is 51.2 Å². The highest BCUT2D eigenvalue weighted by Crippen LogP contribution is 2.24. The molecule has 0 radical (unpaired) electrons. The van der Waals surface area contributed by atoms with Gasteiger partial charge >= 0.3 is 0 Å². The Labute approximate surface area is 216 Å². The van der Waals surface area contributed by atoms with Gasteiger partial charge in [0.15, 0.2) is 15.7 Å². The molecular formula is C27H29N5O4S. The van der Waals surface area contributed by atoms with Gasteiger partial charge in [-0.05, 0) is 82.1 Å². The highest BCUT2D eigenvalue weighted by molar-refractivity contribution is 7.92. The molecule has 0 aliphatic rings. The van der Waals surface area contributed by atoms with Crippen LogP contribution in [0, 0.1) is 20.8 Å². The van der Waals surface area contributed by atoms with Gasteiger partial charge in [0.1, 0.15) is 12.1 Å². The summed E-state index contributed by atoms with van der Waals surface area (Å²) in [5.74, 6) is 1.32. The van der Waals surface area contributed by atoms with Crippen LogP contribution in [-0.4, -0.2) is 39.3 Å². The number of aromatic nitrogens is 4. The van der Waals surface area contributed by atoms with Gasteiger partial charge < -0.3 is 10.1 Å². The summed E-state index contributed by atoms with van der Waals surface area (Å²) in [6, 6.07) is 15.1. The number of nitrogens with zero attached hydrogens (tertiary/aromatic N) is 4. The number of anilines is 1. The Morgan fingerprint density at radius 2 is 1.68 bits per heavy atom. The van der Waals surface area contributed by atoms with E-state index in [9.17, 15) is 13.2 Å². The van der Waals surface area contributed by atoms with E-state index in [0.717, 1.165) is 22.5 Å². The van der Waals surface area contributed by atoms with Crippen LogP contribution in [0.25, 0.3) is 5.82 Å². The van der Waals surface area contributed by atoms with E-state index in [4.69, 9.17) is 4.74 Å². The molecule has 9 nitrogen and oxygen atoms in total. The monoisotopic (exact) mass is 519 g/mol. The maximum atomic E-state index is 12.5. The van der Waals surface area contributed by atoms with E-state index < -0.39 is 15.1 Å². The quantitative estimate of drug-likeness (QED) is 0.357. The van der Waals surface area contributed by atoms with Crippen LogP contribution in [0.5, 0.6) is 11.6 Å². The van der Waals surface area contributed by atoms with Crippen molar-refractivity contribution in [3.63, 3.8) is 0 Å². The van der Waals surface area contributed by atoms with Crippen molar-refractivity contribution in [1.82, 2.24) is 19.7 Å². The lowest BCUT2D eigenvalue weighted by molar-refractivity contribution is -0.115. The average molecular weight is 520 g/mol. The first-order valence-electron chi connectivity index (χ1n) is 11.8. The van der Waals surface area contributed by atoms with Gasteiger partial charge in [0.05, 0.1) is 22.3 Å². The number of aryl methyl sites for hydroxylation is 1. The molecule has 37 heavy (non-hydrogen) atoms. The van der Waals surface area contributed by atoms with Crippen LogP contribution in [0.4, 0.5) is 5.69 Å². The molecule has 0 atom stereocenters. The number of ether oxygens (including phenoxy) is 1. The SMILES string of the molecule is Cc1nn(-c2cc(Oc3ccc(NC(=O)Cc4ccc(S(=O)(=O)C(C)C)cc4)cc3)ncn2)c(C)c1C. The minimum Gasteiger partial charge on any atom is -0.439 e. The number of amides is 1. The summed E-state index contributed by atoms with van der Waals surface area (Å²) in [6.07, 6.45) is 1.55. The Morgan fingerprint density at radius 1 is 1.00 bits per heavy atom. The molecule has 0 spiro atoms. The van der Waals surface area contributed by atoms with Crippen molar-refractivity contribution in [2.24, 2.45) is 0 Å². The maximum Gasteiger partial charge on any atom is 0.228 e. The van der Waals surface area contributed by atoms with Gasteiger partial charge in [-0.1, -0.05) is 12.1 Å². The smallest absolute Gasteiger partial charge is 0.228 e.